The molecule has 9 heteroatoms. The average molecular weight is 354 g/mol. The van der Waals surface area contributed by atoms with Gasteiger partial charge < -0.3 is 4.42 Å². The zero-order valence-electron chi connectivity index (χ0n) is 11.4. The zero-order valence-corrected chi connectivity index (χ0v) is 13.0. The predicted octanol–water partition coefficient (Wildman–Crippen LogP) is 2.59. The summed E-state index contributed by atoms with van der Waals surface area (Å²) in [6.45, 7) is 0. The van der Waals surface area contributed by atoms with Crippen molar-refractivity contribution >= 4 is 31.0 Å². The van der Waals surface area contributed by atoms with E-state index >= 15 is 0 Å². The smallest absolute Gasteiger partial charge is 0.295 e. The summed E-state index contributed by atoms with van der Waals surface area (Å²) in [4.78, 5) is -1.24. The summed E-state index contributed by atoms with van der Waals surface area (Å²) < 4.78 is 69.4. The molecule has 0 spiro atoms. The van der Waals surface area contributed by atoms with Crippen molar-refractivity contribution in [2.75, 3.05) is 0 Å². The van der Waals surface area contributed by atoms with E-state index in [0.717, 1.165) is 6.07 Å². The number of hydrogen-bond donors (Lipinski definition) is 2. The van der Waals surface area contributed by atoms with Crippen LogP contribution in [0.2, 0.25) is 0 Å². The van der Waals surface area contributed by atoms with Gasteiger partial charge >= 0.3 is 0 Å². The molecule has 0 atom stereocenters. The standard InChI is InChI=1S/C14H10O7S2/c15-22(16,17)11-6-9-3-4-10(13-2-1-5-21-13)7-12(9)14(8-11)23(18,19)20/h1-8H,(H,15,16,17)(H,18,19,20). The van der Waals surface area contributed by atoms with Crippen molar-refractivity contribution in [1.29, 1.82) is 0 Å². The zero-order chi connectivity index (χ0) is 16.8. The highest BCUT2D eigenvalue weighted by Gasteiger charge is 2.20. The summed E-state index contributed by atoms with van der Waals surface area (Å²) in [5.74, 6) is 0.479. The molecule has 2 aromatic carbocycles. The summed E-state index contributed by atoms with van der Waals surface area (Å²) in [7, 11) is -9.33. The average Bonchev–Trinajstić information content (AvgIpc) is 2.97. The molecule has 120 valence electrons. The SMILES string of the molecule is O=S(=O)(O)c1cc(S(=O)(=O)O)c2cc(-c3ccco3)ccc2c1. The van der Waals surface area contributed by atoms with E-state index in [-0.39, 0.29) is 10.8 Å². The van der Waals surface area contributed by atoms with Crippen LogP contribution < -0.4 is 0 Å². The van der Waals surface area contributed by atoms with E-state index in [1.807, 2.05) is 0 Å². The van der Waals surface area contributed by atoms with Crippen LogP contribution >= 0.6 is 0 Å². The van der Waals surface area contributed by atoms with Crippen molar-refractivity contribution in [1.82, 2.24) is 0 Å². The van der Waals surface area contributed by atoms with E-state index in [0.29, 0.717) is 17.4 Å². The fourth-order valence-electron chi connectivity index (χ4n) is 2.26. The van der Waals surface area contributed by atoms with Crippen molar-refractivity contribution in [2.45, 2.75) is 9.79 Å². The Bertz CT molecular complexity index is 1100. The van der Waals surface area contributed by atoms with Gasteiger partial charge in [-0.3, -0.25) is 9.11 Å². The molecule has 2 N–H and O–H groups in total. The molecule has 0 amide bonds. The molecule has 3 aromatic rings. The molecular weight excluding hydrogens is 344 g/mol. The molecule has 7 nitrogen and oxygen atoms in total. The first kappa shape index (κ1) is 15.7. The lowest BCUT2D eigenvalue weighted by molar-refractivity contribution is 0.482. The second kappa shape index (κ2) is 5.17. The Hall–Kier alpha value is -2.20. The first-order valence-corrected chi connectivity index (χ1v) is 9.11. The number of furan rings is 1. The summed E-state index contributed by atoms with van der Waals surface area (Å²) in [6.07, 6.45) is 1.45. The fourth-order valence-corrected chi connectivity index (χ4v) is 3.60. The van der Waals surface area contributed by atoms with Crippen LogP contribution in [0, 0.1) is 0 Å². The van der Waals surface area contributed by atoms with Gasteiger partial charge in [0.25, 0.3) is 20.2 Å². The maximum absolute atomic E-state index is 11.6. The Labute approximate surface area is 131 Å². The van der Waals surface area contributed by atoms with Crippen LogP contribution in [0.3, 0.4) is 0 Å². The van der Waals surface area contributed by atoms with Crippen molar-refractivity contribution in [3.8, 4) is 11.3 Å². The van der Waals surface area contributed by atoms with Gasteiger partial charge in [0.2, 0.25) is 0 Å². The van der Waals surface area contributed by atoms with Gasteiger partial charge in [0, 0.05) is 10.9 Å². The van der Waals surface area contributed by atoms with Crippen LogP contribution in [0.25, 0.3) is 22.1 Å². The van der Waals surface area contributed by atoms with Crippen molar-refractivity contribution in [3.05, 3.63) is 48.7 Å². The Balaban J connectivity index is 2.40. The third-order valence-corrected chi connectivity index (χ3v) is 5.00. The molecule has 0 fully saturated rings. The van der Waals surface area contributed by atoms with Crippen LogP contribution in [0.15, 0.2) is 62.9 Å². The highest BCUT2D eigenvalue weighted by atomic mass is 32.2. The van der Waals surface area contributed by atoms with Crippen LogP contribution in [0.5, 0.6) is 0 Å². The normalized spacial score (nSPS) is 12.6. The summed E-state index contributed by atoms with van der Waals surface area (Å²) in [6, 6.07) is 9.67. The van der Waals surface area contributed by atoms with E-state index in [1.54, 1.807) is 18.2 Å². The lowest BCUT2D eigenvalue weighted by Gasteiger charge is -2.08. The molecule has 0 radical (unpaired) electrons. The third-order valence-electron chi connectivity index (χ3n) is 3.27. The molecule has 23 heavy (non-hydrogen) atoms. The van der Waals surface area contributed by atoms with Gasteiger partial charge in [-0.2, -0.15) is 16.8 Å². The second-order valence-electron chi connectivity index (χ2n) is 4.78. The Kier molecular flexibility index (Phi) is 3.52. The van der Waals surface area contributed by atoms with Crippen LogP contribution in [-0.4, -0.2) is 25.9 Å². The van der Waals surface area contributed by atoms with E-state index < -0.39 is 30.0 Å². The molecule has 3 rings (SSSR count). The Morgan fingerprint density at radius 1 is 0.870 bits per heavy atom. The van der Waals surface area contributed by atoms with E-state index in [9.17, 15) is 21.4 Å². The number of hydrogen-bond acceptors (Lipinski definition) is 5. The second-order valence-corrected chi connectivity index (χ2v) is 7.60. The molecule has 1 heterocycles. The first-order valence-electron chi connectivity index (χ1n) is 6.23. The molecular formula is C14H10O7S2. The van der Waals surface area contributed by atoms with Gasteiger partial charge in [-0.15, -0.1) is 0 Å². The Morgan fingerprint density at radius 2 is 1.61 bits per heavy atom. The number of fused-ring (bicyclic) bond motifs is 1. The first-order chi connectivity index (χ1) is 10.7. The van der Waals surface area contributed by atoms with Gasteiger partial charge in [0.05, 0.1) is 11.2 Å². The Morgan fingerprint density at radius 3 is 2.17 bits per heavy atom. The summed E-state index contributed by atoms with van der Waals surface area (Å²) in [5, 5.41) is 0.330. The molecule has 0 aliphatic rings. The van der Waals surface area contributed by atoms with Gasteiger partial charge in [0.1, 0.15) is 10.7 Å². The van der Waals surface area contributed by atoms with E-state index in [1.165, 1.54) is 18.4 Å². The van der Waals surface area contributed by atoms with E-state index in [4.69, 9.17) is 8.97 Å². The molecule has 0 aliphatic heterocycles. The largest absolute Gasteiger partial charge is 0.464 e. The van der Waals surface area contributed by atoms with Crippen LogP contribution in [0.4, 0.5) is 0 Å². The quantitative estimate of drug-likeness (QED) is 0.693. The summed E-state index contributed by atoms with van der Waals surface area (Å²) >= 11 is 0. The molecule has 0 bridgehead atoms. The van der Waals surface area contributed by atoms with Gasteiger partial charge in [-0.25, -0.2) is 0 Å². The minimum absolute atomic E-state index is 0.105. The minimum Gasteiger partial charge on any atom is -0.464 e. The van der Waals surface area contributed by atoms with Crippen molar-refractivity contribution in [3.63, 3.8) is 0 Å². The van der Waals surface area contributed by atoms with Gasteiger partial charge in [0.15, 0.2) is 0 Å². The van der Waals surface area contributed by atoms with Gasteiger partial charge in [-0.05, 0) is 35.7 Å². The fraction of sp³-hybridized carbons (Fsp3) is 0. The third kappa shape index (κ3) is 2.99. The highest BCUT2D eigenvalue weighted by molar-refractivity contribution is 7.86. The summed E-state index contributed by atoms with van der Waals surface area (Å²) in [5.41, 5.74) is 0.548. The molecule has 0 saturated carbocycles. The van der Waals surface area contributed by atoms with Gasteiger partial charge in [-0.1, -0.05) is 12.1 Å². The molecule has 0 saturated heterocycles. The van der Waals surface area contributed by atoms with E-state index in [2.05, 4.69) is 0 Å². The monoisotopic (exact) mass is 354 g/mol. The lowest BCUT2D eigenvalue weighted by atomic mass is 10.1. The number of benzene rings is 2. The lowest BCUT2D eigenvalue weighted by Crippen LogP contribution is -2.04. The predicted molar refractivity (Wildman–Crippen MR) is 81.3 cm³/mol. The van der Waals surface area contributed by atoms with Crippen LogP contribution in [-0.2, 0) is 20.2 Å². The molecule has 1 aromatic heterocycles. The molecule has 0 unspecified atom stereocenters. The van der Waals surface area contributed by atoms with Crippen molar-refractivity contribution < 1.29 is 30.4 Å². The van der Waals surface area contributed by atoms with Crippen LogP contribution in [0.1, 0.15) is 0 Å². The maximum Gasteiger partial charge on any atom is 0.295 e. The highest BCUT2D eigenvalue weighted by Crippen LogP contribution is 2.31. The van der Waals surface area contributed by atoms with Crippen molar-refractivity contribution in [2.24, 2.45) is 0 Å². The molecule has 0 aliphatic carbocycles. The topological polar surface area (TPSA) is 122 Å². The minimum atomic E-state index is -4.70. The maximum atomic E-state index is 11.6. The number of rotatable bonds is 3.